The lowest BCUT2D eigenvalue weighted by molar-refractivity contribution is 0.222. The number of carbonyl (C=O) groups is 1. The summed E-state index contributed by atoms with van der Waals surface area (Å²) in [5.74, 6) is 0. The monoisotopic (exact) mass is 273 g/mol. The van der Waals surface area contributed by atoms with Crippen molar-refractivity contribution in [3.05, 3.63) is 28.2 Å². The van der Waals surface area contributed by atoms with Crippen LogP contribution in [-0.2, 0) is 0 Å². The van der Waals surface area contributed by atoms with E-state index in [4.69, 9.17) is 28.9 Å². The van der Waals surface area contributed by atoms with Crippen LogP contribution in [0.15, 0.2) is 18.2 Å². The summed E-state index contributed by atoms with van der Waals surface area (Å²) in [5.41, 5.74) is 6.37. The highest BCUT2D eigenvalue weighted by atomic mass is 35.5. The van der Waals surface area contributed by atoms with Crippen LogP contribution in [0.1, 0.15) is 6.42 Å². The third-order valence-electron chi connectivity index (χ3n) is 2.68. The molecule has 1 atom stereocenters. The van der Waals surface area contributed by atoms with Crippen LogP contribution < -0.4 is 11.1 Å². The second kappa shape index (κ2) is 5.12. The van der Waals surface area contributed by atoms with E-state index < -0.39 is 0 Å². The molecule has 1 heterocycles. The third-order valence-corrected chi connectivity index (χ3v) is 3.42. The van der Waals surface area contributed by atoms with Gasteiger partial charge in [-0.2, -0.15) is 0 Å². The van der Waals surface area contributed by atoms with Gasteiger partial charge in [0.25, 0.3) is 0 Å². The number of hydrogen-bond acceptors (Lipinski definition) is 2. The summed E-state index contributed by atoms with van der Waals surface area (Å²) in [6.07, 6.45) is 0.842. The Morgan fingerprint density at radius 1 is 1.41 bits per heavy atom. The van der Waals surface area contributed by atoms with E-state index in [0.717, 1.165) is 6.42 Å². The Morgan fingerprint density at radius 2 is 2.18 bits per heavy atom. The third kappa shape index (κ3) is 3.03. The number of nitrogens with one attached hydrogen (secondary N) is 1. The van der Waals surface area contributed by atoms with Gasteiger partial charge in [0.05, 0.1) is 10.0 Å². The van der Waals surface area contributed by atoms with Gasteiger partial charge in [0.15, 0.2) is 0 Å². The van der Waals surface area contributed by atoms with Gasteiger partial charge in [-0.05, 0) is 24.6 Å². The molecule has 0 bridgehead atoms. The fourth-order valence-electron chi connectivity index (χ4n) is 1.75. The molecule has 1 saturated heterocycles. The lowest BCUT2D eigenvalue weighted by Crippen LogP contribution is -2.35. The van der Waals surface area contributed by atoms with Crippen molar-refractivity contribution < 1.29 is 4.79 Å². The summed E-state index contributed by atoms with van der Waals surface area (Å²) in [5, 5.41) is 3.65. The molecule has 2 amide bonds. The maximum absolute atomic E-state index is 11.8. The van der Waals surface area contributed by atoms with Crippen molar-refractivity contribution in [3.8, 4) is 0 Å². The van der Waals surface area contributed by atoms with Crippen molar-refractivity contribution in [2.75, 3.05) is 18.4 Å². The fraction of sp³-hybridized carbons (Fsp3) is 0.364. The molecule has 1 aliphatic heterocycles. The smallest absolute Gasteiger partial charge is 0.321 e. The second-order valence-corrected chi connectivity index (χ2v) is 4.87. The molecule has 1 aliphatic rings. The van der Waals surface area contributed by atoms with Crippen LogP contribution in [0.3, 0.4) is 0 Å². The largest absolute Gasteiger partial charge is 0.326 e. The van der Waals surface area contributed by atoms with Gasteiger partial charge >= 0.3 is 6.03 Å². The molecular formula is C11H13Cl2N3O. The first-order chi connectivity index (χ1) is 8.06. The first-order valence-electron chi connectivity index (χ1n) is 5.33. The quantitative estimate of drug-likeness (QED) is 0.826. The van der Waals surface area contributed by atoms with E-state index in [2.05, 4.69) is 5.32 Å². The minimum absolute atomic E-state index is 0.0783. The van der Waals surface area contributed by atoms with Crippen LogP contribution in [-0.4, -0.2) is 30.1 Å². The number of urea groups is 1. The van der Waals surface area contributed by atoms with E-state index in [1.807, 2.05) is 0 Å². The summed E-state index contributed by atoms with van der Waals surface area (Å²) in [6, 6.07) is 4.90. The second-order valence-electron chi connectivity index (χ2n) is 4.05. The van der Waals surface area contributed by atoms with Crippen LogP contribution in [0, 0.1) is 0 Å². The van der Waals surface area contributed by atoms with Crippen molar-refractivity contribution >= 4 is 34.9 Å². The first kappa shape index (κ1) is 12.5. The van der Waals surface area contributed by atoms with Crippen molar-refractivity contribution in [2.45, 2.75) is 12.5 Å². The number of carbonyl (C=O) groups excluding carboxylic acids is 1. The molecule has 0 saturated carbocycles. The van der Waals surface area contributed by atoms with Crippen LogP contribution in [0.5, 0.6) is 0 Å². The molecule has 3 N–H and O–H groups in total. The van der Waals surface area contributed by atoms with E-state index in [9.17, 15) is 4.79 Å². The minimum Gasteiger partial charge on any atom is -0.326 e. The lowest BCUT2D eigenvalue weighted by Gasteiger charge is -2.16. The zero-order chi connectivity index (χ0) is 12.4. The molecule has 0 radical (unpaired) electrons. The predicted octanol–water partition coefficient (Wildman–Crippen LogP) is 2.56. The zero-order valence-electron chi connectivity index (χ0n) is 9.12. The molecule has 0 spiro atoms. The van der Waals surface area contributed by atoms with Crippen LogP contribution in [0.2, 0.25) is 10.0 Å². The molecule has 17 heavy (non-hydrogen) atoms. The van der Waals surface area contributed by atoms with E-state index in [0.29, 0.717) is 28.8 Å². The number of rotatable bonds is 1. The summed E-state index contributed by atoms with van der Waals surface area (Å²) >= 11 is 11.7. The van der Waals surface area contributed by atoms with E-state index in [-0.39, 0.29) is 12.1 Å². The zero-order valence-corrected chi connectivity index (χ0v) is 10.6. The van der Waals surface area contributed by atoms with Crippen molar-refractivity contribution in [2.24, 2.45) is 5.73 Å². The molecular weight excluding hydrogens is 261 g/mol. The number of nitrogens with zero attached hydrogens (tertiary/aromatic N) is 1. The number of anilines is 1. The van der Waals surface area contributed by atoms with E-state index in [1.165, 1.54) is 0 Å². The normalized spacial score (nSPS) is 19.5. The summed E-state index contributed by atoms with van der Waals surface area (Å²) in [4.78, 5) is 13.5. The number of amides is 2. The van der Waals surface area contributed by atoms with E-state index in [1.54, 1.807) is 23.1 Å². The highest BCUT2D eigenvalue weighted by Crippen LogP contribution is 2.25. The molecule has 92 valence electrons. The molecule has 0 aromatic heterocycles. The van der Waals surface area contributed by atoms with Gasteiger partial charge in [0.1, 0.15) is 0 Å². The van der Waals surface area contributed by atoms with Crippen LogP contribution in [0.25, 0.3) is 0 Å². The Balaban J connectivity index is 2.00. The SMILES string of the molecule is NC1CCN(C(=O)Nc2ccc(Cl)c(Cl)c2)C1. The average molecular weight is 274 g/mol. The summed E-state index contributed by atoms with van der Waals surface area (Å²) < 4.78 is 0. The molecule has 1 aromatic rings. The van der Waals surface area contributed by atoms with Crippen molar-refractivity contribution in [3.63, 3.8) is 0 Å². The Bertz CT molecular complexity index is 439. The van der Waals surface area contributed by atoms with Crippen LogP contribution in [0.4, 0.5) is 10.5 Å². The number of benzene rings is 1. The molecule has 2 rings (SSSR count). The minimum atomic E-state index is -0.156. The number of nitrogens with two attached hydrogens (primary N) is 1. The van der Waals surface area contributed by atoms with Gasteiger partial charge in [-0.25, -0.2) is 4.79 Å². The number of likely N-dealkylation sites (tertiary alicyclic amines) is 1. The van der Waals surface area contributed by atoms with Gasteiger partial charge in [-0.3, -0.25) is 0 Å². The first-order valence-corrected chi connectivity index (χ1v) is 6.08. The molecule has 1 fully saturated rings. The average Bonchev–Trinajstić information content (AvgIpc) is 2.70. The van der Waals surface area contributed by atoms with Crippen molar-refractivity contribution in [1.82, 2.24) is 4.90 Å². The van der Waals surface area contributed by atoms with Crippen LogP contribution >= 0.6 is 23.2 Å². The standard InChI is InChI=1S/C11H13Cl2N3O/c12-9-2-1-8(5-10(9)13)15-11(17)16-4-3-7(14)6-16/h1-2,5,7H,3-4,6,14H2,(H,15,17). The van der Waals surface area contributed by atoms with E-state index >= 15 is 0 Å². The van der Waals surface area contributed by atoms with Gasteiger partial charge in [0, 0.05) is 24.8 Å². The van der Waals surface area contributed by atoms with Gasteiger partial charge < -0.3 is 16.0 Å². The maximum Gasteiger partial charge on any atom is 0.321 e. The summed E-state index contributed by atoms with van der Waals surface area (Å²) in [6.45, 7) is 1.28. The number of hydrogen-bond donors (Lipinski definition) is 2. The molecule has 4 nitrogen and oxygen atoms in total. The Hall–Kier alpha value is -0.970. The number of halogens is 2. The molecule has 1 unspecified atom stereocenters. The Kier molecular flexibility index (Phi) is 3.76. The Labute approximate surface area is 110 Å². The van der Waals surface area contributed by atoms with Crippen molar-refractivity contribution in [1.29, 1.82) is 0 Å². The highest BCUT2D eigenvalue weighted by molar-refractivity contribution is 6.42. The molecule has 1 aromatic carbocycles. The summed E-state index contributed by atoms with van der Waals surface area (Å²) in [7, 11) is 0. The Morgan fingerprint density at radius 3 is 2.76 bits per heavy atom. The van der Waals surface area contributed by atoms with Gasteiger partial charge in [-0.1, -0.05) is 23.2 Å². The molecule has 6 heteroatoms. The predicted molar refractivity (Wildman–Crippen MR) is 69.6 cm³/mol. The maximum atomic E-state index is 11.8. The fourth-order valence-corrected chi connectivity index (χ4v) is 2.05. The highest BCUT2D eigenvalue weighted by Gasteiger charge is 2.23. The molecule has 0 aliphatic carbocycles. The van der Waals surface area contributed by atoms with Gasteiger partial charge in [0.2, 0.25) is 0 Å². The topological polar surface area (TPSA) is 58.4 Å². The van der Waals surface area contributed by atoms with Gasteiger partial charge in [-0.15, -0.1) is 0 Å². The lowest BCUT2D eigenvalue weighted by atomic mass is 10.3.